The lowest BCUT2D eigenvalue weighted by Gasteiger charge is -2.20. The normalized spacial score (nSPS) is 16.1. The molecule has 1 amide bonds. The summed E-state index contributed by atoms with van der Waals surface area (Å²) in [6.07, 6.45) is 7.99. The Morgan fingerprint density at radius 3 is 2.67 bits per heavy atom. The van der Waals surface area contributed by atoms with Crippen molar-refractivity contribution in [3.05, 3.63) is 101 Å². The molecule has 2 aliphatic rings. The van der Waals surface area contributed by atoms with E-state index in [0.29, 0.717) is 16.8 Å². The third-order valence-corrected chi connectivity index (χ3v) is 7.64. The highest BCUT2D eigenvalue weighted by Gasteiger charge is 2.36. The Labute approximate surface area is 230 Å². The van der Waals surface area contributed by atoms with Gasteiger partial charge in [-0.15, -0.1) is 0 Å². The number of para-hydroxylation sites is 2. The maximum absolute atomic E-state index is 13.0. The van der Waals surface area contributed by atoms with E-state index in [2.05, 4.69) is 51.7 Å². The van der Waals surface area contributed by atoms with Crippen LogP contribution in [-0.2, 0) is 11.3 Å². The topological polar surface area (TPSA) is 95.9 Å². The summed E-state index contributed by atoms with van der Waals surface area (Å²) in [7, 11) is 0. The van der Waals surface area contributed by atoms with Crippen molar-refractivity contribution in [3.63, 3.8) is 0 Å². The van der Waals surface area contributed by atoms with E-state index in [4.69, 9.17) is 10.1 Å². The van der Waals surface area contributed by atoms with Crippen LogP contribution in [0.3, 0.4) is 0 Å². The van der Waals surface area contributed by atoms with Crippen LogP contribution in [0.1, 0.15) is 28.7 Å². The molecule has 2 aliphatic heterocycles. The monoisotopic (exact) mass is 534 g/mol. The molecule has 8 nitrogen and oxygen atoms in total. The van der Waals surface area contributed by atoms with Crippen LogP contribution in [0.4, 0.5) is 0 Å². The van der Waals surface area contributed by atoms with E-state index in [-0.39, 0.29) is 11.4 Å². The standard InChI is InChI=1S/C30H26N6O2S/c1-19-8-5-9-20(2)26(19)38-15-7-14-35-18-22(23-11-3-4-12-25(23)35)16-24-27(31)36-30(33-28(24)37)39-29(34-36)21-10-6-13-32-17-21/h3-6,8-13,16-18,31H,7,14-15H2,1-2H3/b24-16+,31-27?. The number of pyridine rings is 1. The van der Waals surface area contributed by atoms with Crippen LogP contribution in [0.5, 0.6) is 5.75 Å². The summed E-state index contributed by atoms with van der Waals surface area (Å²) in [5.41, 5.74) is 5.20. The van der Waals surface area contributed by atoms with Crippen molar-refractivity contribution in [2.75, 3.05) is 6.61 Å². The summed E-state index contributed by atoms with van der Waals surface area (Å²) < 4.78 is 8.27. The SMILES string of the molecule is Cc1cccc(C)c1OCCCn1cc(/C=C2\C(=N)N3N=C(c4cccnc4)SC3=NC2=O)c2ccccc21. The number of carbonyl (C=O) groups is 1. The Morgan fingerprint density at radius 1 is 1.05 bits per heavy atom. The molecule has 4 aromatic rings. The van der Waals surface area contributed by atoms with Crippen LogP contribution in [0, 0.1) is 19.3 Å². The first-order chi connectivity index (χ1) is 19.0. The summed E-state index contributed by atoms with van der Waals surface area (Å²) in [5.74, 6) is 0.513. The van der Waals surface area contributed by atoms with Gasteiger partial charge in [-0.3, -0.25) is 15.2 Å². The predicted octanol–water partition coefficient (Wildman–Crippen LogP) is 5.79. The second kappa shape index (κ2) is 10.3. The number of hydrazone groups is 1. The second-order valence-electron chi connectivity index (χ2n) is 9.38. The Kier molecular flexibility index (Phi) is 6.58. The number of nitrogens with one attached hydrogen (secondary N) is 1. The maximum atomic E-state index is 13.0. The molecular weight excluding hydrogens is 508 g/mol. The number of carbonyl (C=O) groups excluding carboxylic acids is 1. The third-order valence-electron chi connectivity index (χ3n) is 6.68. The molecule has 1 N–H and O–H groups in total. The predicted molar refractivity (Wildman–Crippen MR) is 156 cm³/mol. The van der Waals surface area contributed by atoms with Gasteiger partial charge in [0.25, 0.3) is 5.91 Å². The maximum Gasteiger partial charge on any atom is 0.283 e. The number of benzene rings is 2. The summed E-state index contributed by atoms with van der Waals surface area (Å²) in [4.78, 5) is 21.4. The zero-order chi connectivity index (χ0) is 26.9. The molecule has 0 aliphatic carbocycles. The minimum absolute atomic E-state index is 0.00946. The van der Waals surface area contributed by atoms with Crippen molar-refractivity contribution < 1.29 is 9.53 Å². The number of rotatable bonds is 7. The van der Waals surface area contributed by atoms with Gasteiger partial charge < -0.3 is 9.30 Å². The molecule has 0 fully saturated rings. The molecule has 0 saturated heterocycles. The number of thioether (sulfide) groups is 1. The summed E-state index contributed by atoms with van der Waals surface area (Å²) in [6.45, 7) is 5.47. The molecule has 39 heavy (non-hydrogen) atoms. The molecule has 9 heteroatoms. The Bertz CT molecular complexity index is 1680. The van der Waals surface area contributed by atoms with E-state index >= 15 is 0 Å². The number of aliphatic imine (C=N–C) groups is 1. The highest BCUT2D eigenvalue weighted by molar-refractivity contribution is 8.27. The first-order valence-electron chi connectivity index (χ1n) is 12.7. The number of fused-ring (bicyclic) bond motifs is 2. The fourth-order valence-corrected chi connectivity index (χ4v) is 5.65. The van der Waals surface area contributed by atoms with Gasteiger partial charge in [0.05, 0.1) is 12.2 Å². The largest absolute Gasteiger partial charge is 0.493 e. The van der Waals surface area contributed by atoms with E-state index in [1.54, 1.807) is 18.5 Å². The van der Waals surface area contributed by atoms with Gasteiger partial charge in [0.15, 0.2) is 5.84 Å². The molecule has 6 rings (SSSR count). The minimum atomic E-state index is -0.444. The lowest BCUT2D eigenvalue weighted by atomic mass is 10.1. The summed E-state index contributed by atoms with van der Waals surface area (Å²) in [5, 5.41) is 16.8. The molecule has 0 spiro atoms. The fraction of sp³-hybridized carbons (Fsp3) is 0.167. The summed E-state index contributed by atoms with van der Waals surface area (Å²) in [6, 6.07) is 17.9. The third kappa shape index (κ3) is 4.77. The van der Waals surface area contributed by atoms with Crippen LogP contribution in [0.25, 0.3) is 17.0 Å². The number of amides is 1. The number of ether oxygens (including phenoxy) is 1. The van der Waals surface area contributed by atoms with Gasteiger partial charge in [-0.25, -0.2) is 0 Å². The van der Waals surface area contributed by atoms with Gasteiger partial charge in [0, 0.05) is 47.2 Å². The van der Waals surface area contributed by atoms with Crippen molar-refractivity contribution in [2.24, 2.45) is 10.1 Å². The Morgan fingerprint density at radius 2 is 1.87 bits per heavy atom. The van der Waals surface area contributed by atoms with Crippen LogP contribution < -0.4 is 4.74 Å². The van der Waals surface area contributed by atoms with Crippen LogP contribution >= 0.6 is 11.8 Å². The quantitative estimate of drug-likeness (QED) is 0.239. The lowest BCUT2D eigenvalue weighted by Crippen LogP contribution is -2.35. The van der Waals surface area contributed by atoms with Crippen LogP contribution in [0.2, 0.25) is 0 Å². The first kappa shape index (κ1) is 24.8. The minimum Gasteiger partial charge on any atom is -0.493 e. The van der Waals surface area contributed by atoms with Gasteiger partial charge in [-0.05, 0) is 67.4 Å². The van der Waals surface area contributed by atoms with Gasteiger partial charge in [0.1, 0.15) is 10.8 Å². The van der Waals surface area contributed by atoms with Crippen LogP contribution in [-0.4, -0.2) is 43.1 Å². The molecular formula is C30H26N6O2S. The van der Waals surface area contributed by atoms with Crippen molar-refractivity contribution in [3.8, 4) is 5.75 Å². The fourth-order valence-electron chi connectivity index (χ4n) is 4.76. The number of aromatic nitrogens is 2. The molecule has 2 aromatic carbocycles. The van der Waals surface area contributed by atoms with Crippen LogP contribution in [0.15, 0.2) is 88.9 Å². The molecule has 0 atom stereocenters. The smallest absolute Gasteiger partial charge is 0.283 e. The average molecular weight is 535 g/mol. The van der Waals surface area contributed by atoms with E-state index in [0.717, 1.165) is 51.9 Å². The number of aryl methyl sites for hydroxylation is 3. The molecule has 0 saturated carbocycles. The Balaban J connectivity index is 1.24. The molecule has 0 bridgehead atoms. The van der Waals surface area contributed by atoms with E-state index in [1.807, 2.05) is 42.6 Å². The lowest BCUT2D eigenvalue weighted by molar-refractivity contribution is -0.114. The number of amidine groups is 2. The number of nitrogens with zero attached hydrogens (tertiary/aromatic N) is 5. The number of hydrogen-bond acceptors (Lipinski definition) is 6. The molecule has 0 radical (unpaired) electrons. The van der Waals surface area contributed by atoms with E-state index < -0.39 is 5.91 Å². The molecule has 0 unspecified atom stereocenters. The van der Waals surface area contributed by atoms with Gasteiger partial charge in [-0.2, -0.15) is 15.1 Å². The zero-order valence-electron chi connectivity index (χ0n) is 21.6. The van der Waals surface area contributed by atoms with Crippen molar-refractivity contribution in [1.82, 2.24) is 14.6 Å². The van der Waals surface area contributed by atoms with Gasteiger partial charge in [-0.1, -0.05) is 36.4 Å². The Hall–Kier alpha value is -4.50. The highest BCUT2D eigenvalue weighted by atomic mass is 32.2. The zero-order valence-corrected chi connectivity index (χ0v) is 22.4. The molecule has 194 valence electrons. The van der Waals surface area contributed by atoms with E-state index in [1.165, 1.54) is 16.8 Å². The van der Waals surface area contributed by atoms with Crippen molar-refractivity contribution >= 4 is 50.7 Å². The van der Waals surface area contributed by atoms with Gasteiger partial charge in [0.2, 0.25) is 5.17 Å². The second-order valence-corrected chi connectivity index (χ2v) is 10.3. The van der Waals surface area contributed by atoms with Gasteiger partial charge >= 0.3 is 0 Å². The molecule has 4 heterocycles. The average Bonchev–Trinajstić information content (AvgIpc) is 3.53. The highest BCUT2D eigenvalue weighted by Crippen LogP contribution is 2.32. The summed E-state index contributed by atoms with van der Waals surface area (Å²) >= 11 is 1.26. The number of hydrogen-bond donors (Lipinski definition) is 1. The van der Waals surface area contributed by atoms with Crippen molar-refractivity contribution in [2.45, 2.75) is 26.8 Å². The van der Waals surface area contributed by atoms with Crippen molar-refractivity contribution in [1.29, 1.82) is 5.41 Å². The first-order valence-corrected chi connectivity index (χ1v) is 13.5. The van der Waals surface area contributed by atoms with E-state index in [9.17, 15) is 4.79 Å². The molecule has 2 aromatic heterocycles.